The van der Waals surface area contributed by atoms with Crippen LogP contribution in [0.3, 0.4) is 0 Å². The van der Waals surface area contributed by atoms with Gasteiger partial charge in [0.25, 0.3) is 0 Å². The molecule has 0 spiro atoms. The number of likely N-dealkylation sites (N-methyl/N-ethyl adjacent to an activating group) is 1. The molecule has 0 aromatic rings. The van der Waals surface area contributed by atoms with Crippen molar-refractivity contribution in [3.63, 3.8) is 0 Å². The highest BCUT2D eigenvalue weighted by Gasteiger charge is 2.19. The maximum Gasteiger partial charge on any atom is 0.326 e. The van der Waals surface area contributed by atoms with Gasteiger partial charge >= 0.3 is 5.97 Å². The molecular formula is C10H21N3O3. The van der Waals surface area contributed by atoms with E-state index in [1.807, 2.05) is 0 Å². The normalized spacial score (nSPS) is 12.5. The minimum absolute atomic E-state index is 0.195. The van der Waals surface area contributed by atoms with Gasteiger partial charge in [-0.15, -0.1) is 0 Å². The number of carbonyl (C=O) groups excluding carboxylic acids is 1. The van der Waals surface area contributed by atoms with Gasteiger partial charge in [-0.2, -0.15) is 0 Å². The third-order valence-electron chi connectivity index (χ3n) is 2.04. The highest BCUT2D eigenvalue weighted by molar-refractivity contribution is 5.84. The Labute approximate surface area is 95.8 Å². The van der Waals surface area contributed by atoms with Crippen molar-refractivity contribution in [1.82, 2.24) is 10.2 Å². The predicted octanol–water partition coefficient (Wildman–Crippen LogP) is -0.754. The van der Waals surface area contributed by atoms with Gasteiger partial charge in [0.05, 0.1) is 6.54 Å². The fourth-order valence-corrected chi connectivity index (χ4v) is 1.28. The van der Waals surface area contributed by atoms with Crippen LogP contribution >= 0.6 is 0 Å². The van der Waals surface area contributed by atoms with E-state index >= 15 is 0 Å². The van der Waals surface area contributed by atoms with E-state index in [9.17, 15) is 9.59 Å². The molecule has 0 aliphatic heterocycles. The summed E-state index contributed by atoms with van der Waals surface area (Å²) in [5.41, 5.74) is 5.32. The van der Waals surface area contributed by atoms with Gasteiger partial charge in [-0.05, 0) is 39.9 Å². The molecule has 0 saturated carbocycles. The number of amides is 1. The maximum absolute atomic E-state index is 11.4. The van der Waals surface area contributed by atoms with E-state index in [-0.39, 0.29) is 12.5 Å². The number of aliphatic carboxylic acids is 1. The van der Waals surface area contributed by atoms with E-state index in [1.165, 1.54) is 0 Å². The Morgan fingerprint density at radius 1 is 1.38 bits per heavy atom. The number of unbranched alkanes of at least 4 members (excludes halogenated alkanes) is 1. The number of carbonyl (C=O) groups is 2. The van der Waals surface area contributed by atoms with Crippen LogP contribution in [0, 0.1) is 0 Å². The number of carboxylic acids is 1. The zero-order valence-electron chi connectivity index (χ0n) is 9.90. The first-order chi connectivity index (χ1) is 7.47. The quantitative estimate of drug-likeness (QED) is 0.478. The van der Waals surface area contributed by atoms with Gasteiger partial charge in [-0.1, -0.05) is 0 Å². The molecule has 0 bridgehead atoms. The first-order valence-electron chi connectivity index (χ1n) is 5.34. The van der Waals surface area contributed by atoms with E-state index in [0.717, 1.165) is 6.42 Å². The molecule has 4 N–H and O–H groups in total. The molecule has 16 heavy (non-hydrogen) atoms. The summed E-state index contributed by atoms with van der Waals surface area (Å²) in [6.07, 6.45) is 1.90. The van der Waals surface area contributed by atoms with Crippen LogP contribution in [-0.2, 0) is 9.59 Å². The summed E-state index contributed by atoms with van der Waals surface area (Å²) in [7, 11) is 3.51. The van der Waals surface area contributed by atoms with Gasteiger partial charge in [-0.25, -0.2) is 4.79 Å². The van der Waals surface area contributed by atoms with Gasteiger partial charge in [0.2, 0.25) is 5.91 Å². The van der Waals surface area contributed by atoms with Crippen LogP contribution in [0.15, 0.2) is 0 Å². The number of hydrogen-bond donors (Lipinski definition) is 3. The van der Waals surface area contributed by atoms with Crippen molar-refractivity contribution in [3.8, 4) is 0 Å². The van der Waals surface area contributed by atoms with Crippen molar-refractivity contribution >= 4 is 11.9 Å². The summed E-state index contributed by atoms with van der Waals surface area (Å²) >= 11 is 0. The van der Waals surface area contributed by atoms with E-state index in [2.05, 4.69) is 5.32 Å². The Kier molecular flexibility index (Phi) is 7.49. The minimum atomic E-state index is -0.996. The average Bonchev–Trinajstić information content (AvgIpc) is 2.15. The lowest BCUT2D eigenvalue weighted by atomic mass is 10.1. The maximum atomic E-state index is 11.4. The highest BCUT2D eigenvalue weighted by Crippen LogP contribution is 2.00. The van der Waals surface area contributed by atoms with E-state index in [1.54, 1.807) is 19.0 Å². The summed E-state index contributed by atoms with van der Waals surface area (Å²) in [6.45, 7) is 0.735. The van der Waals surface area contributed by atoms with Crippen molar-refractivity contribution in [2.45, 2.75) is 25.3 Å². The molecule has 6 nitrogen and oxygen atoms in total. The van der Waals surface area contributed by atoms with E-state index in [0.29, 0.717) is 19.4 Å². The molecule has 0 rings (SSSR count). The Bertz CT molecular complexity index is 231. The van der Waals surface area contributed by atoms with Crippen molar-refractivity contribution < 1.29 is 14.7 Å². The SMILES string of the molecule is CN(C)CC(=O)N[C@@H](CCCCN)C(=O)O. The first-order valence-corrected chi connectivity index (χ1v) is 5.34. The summed E-state index contributed by atoms with van der Waals surface area (Å²) in [6, 6.07) is -0.806. The van der Waals surface area contributed by atoms with Crippen LogP contribution in [0.5, 0.6) is 0 Å². The third-order valence-corrected chi connectivity index (χ3v) is 2.04. The van der Waals surface area contributed by atoms with Gasteiger partial charge in [0, 0.05) is 0 Å². The van der Waals surface area contributed by atoms with E-state index < -0.39 is 12.0 Å². The van der Waals surface area contributed by atoms with Gasteiger partial charge in [0.1, 0.15) is 6.04 Å². The van der Waals surface area contributed by atoms with Crippen LogP contribution in [0.25, 0.3) is 0 Å². The summed E-state index contributed by atoms with van der Waals surface area (Å²) in [4.78, 5) is 23.9. The van der Waals surface area contributed by atoms with Crippen LogP contribution in [0.1, 0.15) is 19.3 Å². The summed E-state index contributed by atoms with van der Waals surface area (Å²) in [5.74, 6) is -1.27. The monoisotopic (exact) mass is 231 g/mol. The summed E-state index contributed by atoms with van der Waals surface area (Å²) in [5, 5.41) is 11.4. The summed E-state index contributed by atoms with van der Waals surface area (Å²) < 4.78 is 0. The second-order valence-corrected chi connectivity index (χ2v) is 3.98. The molecule has 1 amide bonds. The molecule has 0 saturated heterocycles. The third kappa shape index (κ3) is 7.19. The molecule has 0 aliphatic carbocycles. The Hall–Kier alpha value is -1.14. The topological polar surface area (TPSA) is 95.7 Å². The fraction of sp³-hybridized carbons (Fsp3) is 0.800. The first kappa shape index (κ1) is 14.9. The molecule has 0 radical (unpaired) electrons. The number of hydrogen-bond acceptors (Lipinski definition) is 4. The standard InChI is InChI=1S/C10H21N3O3/c1-13(2)7-9(14)12-8(10(15)16)5-3-4-6-11/h8H,3-7,11H2,1-2H3,(H,12,14)(H,15,16)/t8-/m0/s1. The molecule has 0 aromatic carbocycles. The fourth-order valence-electron chi connectivity index (χ4n) is 1.28. The molecule has 0 heterocycles. The average molecular weight is 231 g/mol. The van der Waals surface area contributed by atoms with Crippen LogP contribution in [0.2, 0.25) is 0 Å². The number of nitrogens with two attached hydrogens (primary N) is 1. The van der Waals surface area contributed by atoms with Crippen molar-refractivity contribution in [2.24, 2.45) is 5.73 Å². The Morgan fingerprint density at radius 2 is 2.00 bits per heavy atom. The molecule has 0 aromatic heterocycles. The van der Waals surface area contributed by atoms with Gasteiger partial charge in [-0.3, -0.25) is 4.79 Å². The largest absolute Gasteiger partial charge is 0.480 e. The van der Waals surface area contributed by atoms with Gasteiger partial charge in [0.15, 0.2) is 0 Å². The Morgan fingerprint density at radius 3 is 2.44 bits per heavy atom. The number of nitrogens with one attached hydrogen (secondary N) is 1. The minimum Gasteiger partial charge on any atom is -0.480 e. The van der Waals surface area contributed by atoms with Crippen LogP contribution in [0.4, 0.5) is 0 Å². The molecule has 0 fully saturated rings. The lowest BCUT2D eigenvalue weighted by molar-refractivity contribution is -0.142. The second kappa shape index (κ2) is 8.06. The Balaban J connectivity index is 4.02. The number of carboxylic acid groups (broad SMARTS) is 1. The molecule has 0 unspecified atom stereocenters. The van der Waals surface area contributed by atoms with Crippen molar-refractivity contribution in [3.05, 3.63) is 0 Å². The lowest BCUT2D eigenvalue weighted by Gasteiger charge is -2.16. The van der Waals surface area contributed by atoms with Crippen LogP contribution < -0.4 is 11.1 Å². The molecule has 1 atom stereocenters. The predicted molar refractivity (Wildman–Crippen MR) is 61.0 cm³/mol. The molecule has 94 valence electrons. The second-order valence-electron chi connectivity index (χ2n) is 3.98. The van der Waals surface area contributed by atoms with E-state index in [4.69, 9.17) is 10.8 Å². The van der Waals surface area contributed by atoms with Crippen molar-refractivity contribution in [2.75, 3.05) is 27.2 Å². The number of rotatable bonds is 8. The zero-order valence-corrected chi connectivity index (χ0v) is 9.90. The highest BCUT2D eigenvalue weighted by atomic mass is 16.4. The number of nitrogens with zero attached hydrogens (tertiary/aromatic N) is 1. The van der Waals surface area contributed by atoms with Crippen molar-refractivity contribution in [1.29, 1.82) is 0 Å². The van der Waals surface area contributed by atoms with Crippen LogP contribution in [-0.4, -0.2) is 55.1 Å². The molecule has 0 aliphatic rings. The molecular weight excluding hydrogens is 210 g/mol. The lowest BCUT2D eigenvalue weighted by Crippen LogP contribution is -2.44. The molecule has 6 heteroatoms. The zero-order chi connectivity index (χ0) is 12.6. The smallest absolute Gasteiger partial charge is 0.326 e. The van der Waals surface area contributed by atoms with Gasteiger partial charge < -0.3 is 21.1 Å².